The van der Waals surface area contributed by atoms with Crippen LogP contribution in [0.3, 0.4) is 0 Å². The summed E-state index contributed by atoms with van der Waals surface area (Å²) in [5.74, 6) is -0.231. The van der Waals surface area contributed by atoms with Crippen molar-refractivity contribution in [2.45, 2.75) is 20.3 Å². The molecule has 0 atom stereocenters. The first-order valence-corrected chi connectivity index (χ1v) is 9.34. The Bertz CT molecular complexity index is 926. The monoisotopic (exact) mass is 430 g/mol. The Morgan fingerprint density at radius 3 is 2.70 bits per heavy atom. The number of carbonyl (C=O) groups is 3. The molecule has 0 aromatic heterocycles. The van der Waals surface area contributed by atoms with E-state index in [9.17, 15) is 14.4 Å². The molecular formula is C20H19BrN2O4. The second-order valence-corrected chi connectivity index (χ2v) is 7.11. The van der Waals surface area contributed by atoms with E-state index in [0.29, 0.717) is 29.1 Å². The molecule has 0 radical (unpaired) electrons. The van der Waals surface area contributed by atoms with E-state index < -0.39 is 0 Å². The van der Waals surface area contributed by atoms with Crippen LogP contribution in [-0.4, -0.2) is 30.7 Å². The second-order valence-electron chi connectivity index (χ2n) is 6.26. The summed E-state index contributed by atoms with van der Waals surface area (Å²) in [7, 11) is 0. The number of anilines is 2. The Hall–Kier alpha value is -2.67. The van der Waals surface area contributed by atoms with Gasteiger partial charge in [0.25, 0.3) is 5.91 Å². The molecule has 1 aliphatic heterocycles. The molecule has 6 nitrogen and oxygen atoms in total. The van der Waals surface area contributed by atoms with Gasteiger partial charge < -0.3 is 10.1 Å². The first kappa shape index (κ1) is 19.1. The van der Waals surface area contributed by atoms with Gasteiger partial charge in [0.15, 0.2) is 12.4 Å². The lowest BCUT2D eigenvalue weighted by atomic mass is 10.1. The van der Waals surface area contributed by atoms with E-state index in [1.54, 1.807) is 31.2 Å². The molecule has 1 aliphatic rings. The number of ketones is 1. The molecule has 0 spiro atoms. The third-order valence-electron chi connectivity index (χ3n) is 4.25. The van der Waals surface area contributed by atoms with E-state index in [1.807, 2.05) is 19.1 Å². The topological polar surface area (TPSA) is 75.7 Å². The first-order valence-electron chi connectivity index (χ1n) is 8.55. The average Bonchev–Trinajstić information content (AvgIpc) is 2.65. The van der Waals surface area contributed by atoms with Gasteiger partial charge in [-0.3, -0.25) is 19.3 Å². The zero-order chi connectivity index (χ0) is 19.6. The van der Waals surface area contributed by atoms with E-state index in [0.717, 1.165) is 10.0 Å². The number of benzene rings is 2. The molecule has 0 unspecified atom stereocenters. The smallest absolute Gasteiger partial charge is 0.265 e. The van der Waals surface area contributed by atoms with Crippen molar-refractivity contribution in [2.75, 3.05) is 23.4 Å². The molecule has 0 fully saturated rings. The van der Waals surface area contributed by atoms with Gasteiger partial charge in [0, 0.05) is 16.5 Å². The van der Waals surface area contributed by atoms with Gasteiger partial charge in [-0.1, -0.05) is 13.0 Å². The number of ether oxygens (including phenoxy) is 1. The van der Waals surface area contributed by atoms with E-state index in [1.165, 1.54) is 4.90 Å². The normalized spacial score (nSPS) is 13.0. The summed E-state index contributed by atoms with van der Waals surface area (Å²) in [6, 6.07) is 10.5. The van der Waals surface area contributed by atoms with Crippen LogP contribution in [0, 0.1) is 6.92 Å². The van der Waals surface area contributed by atoms with Crippen LogP contribution in [0.1, 0.15) is 29.3 Å². The molecule has 27 heavy (non-hydrogen) atoms. The van der Waals surface area contributed by atoms with Gasteiger partial charge in [0.1, 0.15) is 12.3 Å². The number of amides is 2. The minimum atomic E-state index is -0.340. The van der Waals surface area contributed by atoms with Crippen molar-refractivity contribution in [1.82, 2.24) is 0 Å². The molecule has 0 saturated carbocycles. The summed E-state index contributed by atoms with van der Waals surface area (Å²) in [6.45, 7) is 3.41. The third kappa shape index (κ3) is 4.19. The zero-order valence-electron chi connectivity index (χ0n) is 15.0. The van der Waals surface area contributed by atoms with E-state index in [2.05, 4.69) is 21.2 Å². The zero-order valence-corrected chi connectivity index (χ0v) is 16.6. The Kier molecular flexibility index (Phi) is 5.60. The number of nitrogens with one attached hydrogen (secondary N) is 1. The molecule has 0 bridgehead atoms. The van der Waals surface area contributed by atoms with Gasteiger partial charge in [0.05, 0.1) is 11.4 Å². The average molecular weight is 431 g/mol. The van der Waals surface area contributed by atoms with Crippen molar-refractivity contribution in [2.24, 2.45) is 0 Å². The lowest BCUT2D eigenvalue weighted by Crippen LogP contribution is -2.43. The van der Waals surface area contributed by atoms with Crippen molar-refractivity contribution in [1.29, 1.82) is 0 Å². The van der Waals surface area contributed by atoms with Crippen LogP contribution in [0.4, 0.5) is 11.4 Å². The molecule has 1 N–H and O–H groups in total. The first-order chi connectivity index (χ1) is 12.9. The highest BCUT2D eigenvalue weighted by molar-refractivity contribution is 9.10. The summed E-state index contributed by atoms with van der Waals surface area (Å²) in [4.78, 5) is 38.2. The van der Waals surface area contributed by atoms with Crippen LogP contribution < -0.4 is 15.0 Å². The van der Waals surface area contributed by atoms with Crippen LogP contribution in [-0.2, 0) is 9.59 Å². The summed E-state index contributed by atoms with van der Waals surface area (Å²) >= 11 is 3.42. The van der Waals surface area contributed by atoms with Crippen LogP contribution in [0.25, 0.3) is 0 Å². The maximum Gasteiger partial charge on any atom is 0.265 e. The molecule has 1 heterocycles. The summed E-state index contributed by atoms with van der Waals surface area (Å²) in [6.07, 6.45) is 0.357. The van der Waals surface area contributed by atoms with Gasteiger partial charge in [-0.2, -0.15) is 0 Å². The van der Waals surface area contributed by atoms with Crippen molar-refractivity contribution in [3.05, 3.63) is 52.0 Å². The highest BCUT2D eigenvalue weighted by atomic mass is 79.9. The van der Waals surface area contributed by atoms with E-state index in [4.69, 9.17) is 4.74 Å². The lowest BCUT2D eigenvalue weighted by molar-refractivity contribution is -0.123. The number of aryl methyl sites for hydroxylation is 1. The number of rotatable bonds is 5. The fraction of sp³-hybridized carbons (Fsp3) is 0.250. The summed E-state index contributed by atoms with van der Waals surface area (Å²) in [5, 5.41) is 2.80. The van der Waals surface area contributed by atoms with Crippen LogP contribution in [0.2, 0.25) is 0 Å². The van der Waals surface area contributed by atoms with Crippen LogP contribution >= 0.6 is 15.9 Å². The Balaban J connectivity index is 1.83. The number of hydrogen-bond acceptors (Lipinski definition) is 4. The minimum Gasteiger partial charge on any atom is -0.482 e. The SMILES string of the molecule is CCC(=O)c1ccc2c(c1)N(CC(=O)Nc1ccc(C)cc1Br)C(=O)CO2. The Morgan fingerprint density at radius 1 is 1.22 bits per heavy atom. The van der Waals surface area contributed by atoms with Crippen molar-refractivity contribution in [3.63, 3.8) is 0 Å². The summed E-state index contributed by atoms with van der Waals surface area (Å²) < 4.78 is 6.19. The molecule has 2 aromatic rings. The Morgan fingerprint density at radius 2 is 2.00 bits per heavy atom. The number of hydrogen-bond donors (Lipinski definition) is 1. The largest absolute Gasteiger partial charge is 0.482 e. The standard InChI is InChI=1S/C20H19BrN2O4/c1-3-17(24)13-5-7-18-16(9-13)23(20(26)11-27-18)10-19(25)22-15-6-4-12(2)8-14(15)21/h4-9H,3,10-11H2,1-2H3,(H,22,25). The fourth-order valence-electron chi connectivity index (χ4n) is 2.81. The summed E-state index contributed by atoms with van der Waals surface area (Å²) in [5.41, 5.74) is 2.61. The third-order valence-corrected chi connectivity index (χ3v) is 4.90. The van der Waals surface area contributed by atoms with Crippen molar-refractivity contribution >= 4 is 44.9 Å². The van der Waals surface area contributed by atoms with Gasteiger partial charge in [-0.05, 0) is 58.7 Å². The van der Waals surface area contributed by atoms with Gasteiger partial charge in [-0.15, -0.1) is 0 Å². The predicted molar refractivity (Wildman–Crippen MR) is 106 cm³/mol. The van der Waals surface area contributed by atoms with E-state index in [-0.39, 0.29) is 30.7 Å². The molecule has 7 heteroatoms. The maximum atomic E-state index is 12.5. The molecule has 0 aliphatic carbocycles. The fourth-order valence-corrected chi connectivity index (χ4v) is 3.40. The quantitative estimate of drug-likeness (QED) is 0.733. The highest BCUT2D eigenvalue weighted by Gasteiger charge is 2.28. The van der Waals surface area contributed by atoms with Gasteiger partial charge in [0.2, 0.25) is 5.91 Å². The number of Topliss-reactive ketones (excluding diaryl/α,β-unsaturated/α-hetero) is 1. The van der Waals surface area contributed by atoms with Gasteiger partial charge in [-0.25, -0.2) is 0 Å². The predicted octanol–water partition coefficient (Wildman–Crippen LogP) is 3.71. The van der Waals surface area contributed by atoms with Crippen molar-refractivity contribution < 1.29 is 19.1 Å². The second kappa shape index (κ2) is 7.92. The lowest BCUT2D eigenvalue weighted by Gasteiger charge is -2.29. The molecule has 3 rings (SSSR count). The van der Waals surface area contributed by atoms with Crippen LogP contribution in [0.15, 0.2) is 40.9 Å². The van der Waals surface area contributed by atoms with E-state index >= 15 is 0 Å². The number of fused-ring (bicyclic) bond motifs is 1. The molecular weight excluding hydrogens is 412 g/mol. The number of carbonyl (C=O) groups excluding carboxylic acids is 3. The maximum absolute atomic E-state index is 12.5. The molecule has 0 saturated heterocycles. The molecule has 140 valence electrons. The van der Waals surface area contributed by atoms with Gasteiger partial charge >= 0.3 is 0 Å². The number of halogens is 1. The Labute approximate surface area is 165 Å². The molecule has 2 aromatic carbocycles. The minimum absolute atomic E-state index is 0.0381. The van der Waals surface area contributed by atoms with Crippen LogP contribution in [0.5, 0.6) is 5.75 Å². The molecule has 2 amide bonds. The highest BCUT2D eigenvalue weighted by Crippen LogP contribution is 2.33. The number of nitrogens with zero attached hydrogens (tertiary/aromatic N) is 1. The van der Waals surface area contributed by atoms with Crippen molar-refractivity contribution in [3.8, 4) is 5.75 Å².